The number of carbonyl (C=O) groups is 1. The van der Waals surface area contributed by atoms with E-state index in [1.54, 1.807) is 7.11 Å². The van der Waals surface area contributed by atoms with E-state index in [4.69, 9.17) is 4.74 Å². The fraction of sp³-hybridized carbons (Fsp3) is 0.227. The zero-order chi connectivity index (χ0) is 20.6. The highest BCUT2D eigenvalue weighted by Gasteiger charge is 2.07. The average Bonchev–Trinajstić information content (AvgIpc) is 2.75. The Morgan fingerprint density at radius 1 is 1.00 bits per heavy atom. The molecule has 0 saturated heterocycles. The second-order valence-electron chi connectivity index (χ2n) is 6.72. The Balaban J connectivity index is 1.50. The van der Waals surface area contributed by atoms with Crippen LogP contribution in [0.3, 0.4) is 0 Å². The smallest absolute Gasteiger partial charge is 0.254 e. The van der Waals surface area contributed by atoms with Crippen molar-refractivity contribution < 1.29 is 9.53 Å². The van der Waals surface area contributed by atoms with E-state index in [1.165, 1.54) is 12.4 Å². The molecule has 7 nitrogen and oxygen atoms in total. The molecule has 0 unspecified atom stereocenters. The molecule has 3 rings (SSSR count). The first-order valence-electron chi connectivity index (χ1n) is 9.33. The van der Waals surface area contributed by atoms with Gasteiger partial charge in [0.1, 0.15) is 5.75 Å². The molecule has 0 aliphatic carbocycles. The number of hydrogen-bond acceptors (Lipinski definition) is 6. The number of anilines is 3. The molecule has 0 fully saturated rings. The first-order valence-corrected chi connectivity index (χ1v) is 9.33. The number of hydrogen-bond donors (Lipinski definition) is 2. The number of carbonyl (C=O) groups excluding carboxylic acids is 1. The Morgan fingerprint density at radius 3 is 2.24 bits per heavy atom. The summed E-state index contributed by atoms with van der Waals surface area (Å²) in [6.07, 6.45) is 3.78. The largest absolute Gasteiger partial charge is 0.497 e. The van der Waals surface area contributed by atoms with Crippen LogP contribution in [0.2, 0.25) is 0 Å². The summed E-state index contributed by atoms with van der Waals surface area (Å²) < 4.78 is 5.14. The molecular formula is C22H25N5O2. The molecule has 0 atom stereocenters. The number of methoxy groups -OCH3 is 1. The first kappa shape index (κ1) is 20.1. The molecule has 1 aromatic heterocycles. The van der Waals surface area contributed by atoms with Crippen LogP contribution in [0.5, 0.6) is 5.75 Å². The lowest BCUT2D eigenvalue weighted by Gasteiger charge is -2.13. The van der Waals surface area contributed by atoms with Gasteiger partial charge >= 0.3 is 0 Å². The lowest BCUT2D eigenvalue weighted by Crippen LogP contribution is -2.26. The number of amides is 1. The molecule has 1 heterocycles. The van der Waals surface area contributed by atoms with Crippen LogP contribution in [-0.4, -0.2) is 43.6 Å². The van der Waals surface area contributed by atoms with Gasteiger partial charge in [0.15, 0.2) is 0 Å². The molecule has 0 aliphatic rings. The van der Waals surface area contributed by atoms with Crippen LogP contribution in [-0.2, 0) is 6.42 Å². The number of rotatable bonds is 8. The summed E-state index contributed by atoms with van der Waals surface area (Å²) in [5.41, 5.74) is 3.54. The maximum atomic E-state index is 12.3. The Kier molecular flexibility index (Phi) is 6.63. The predicted molar refractivity (Wildman–Crippen MR) is 115 cm³/mol. The van der Waals surface area contributed by atoms with Crippen LogP contribution in [0.4, 0.5) is 17.3 Å². The Labute approximate surface area is 170 Å². The number of nitrogens with zero attached hydrogens (tertiary/aromatic N) is 3. The molecule has 0 radical (unpaired) electrons. The van der Waals surface area contributed by atoms with Gasteiger partial charge in [-0.2, -0.15) is 0 Å². The highest BCUT2D eigenvalue weighted by atomic mass is 16.5. The quantitative estimate of drug-likeness (QED) is 0.614. The molecule has 1 amide bonds. The van der Waals surface area contributed by atoms with Crippen molar-refractivity contribution in [1.29, 1.82) is 0 Å². The second-order valence-corrected chi connectivity index (χ2v) is 6.72. The Hall–Kier alpha value is -3.61. The summed E-state index contributed by atoms with van der Waals surface area (Å²) in [5, 5.41) is 6.01. The highest BCUT2D eigenvalue weighted by molar-refractivity contribution is 5.93. The molecule has 7 heteroatoms. The molecule has 0 saturated carbocycles. The van der Waals surface area contributed by atoms with Crippen LogP contribution in [0.1, 0.15) is 15.9 Å². The first-order chi connectivity index (χ1) is 14.0. The van der Waals surface area contributed by atoms with Crippen LogP contribution in [0, 0.1) is 0 Å². The summed E-state index contributed by atoms with van der Waals surface area (Å²) >= 11 is 0. The van der Waals surface area contributed by atoms with Crippen LogP contribution >= 0.6 is 0 Å². The van der Waals surface area contributed by atoms with E-state index in [0.29, 0.717) is 18.1 Å². The fourth-order valence-electron chi connectivity index (χ4n) is 2.70. The Morgan fingerprint density at radius 2 is 1.66 bits per heavy atom. The Bertz CT molecular complexity index is 923. The van der Waals surface area contributed by atoms with Crippen molar-refractivity contribution in [3.05, 3.63) is 72.1 Å². The molecule has 0 spiro atoms. The van der Waals surface area contributed by atoms with E-state index in [0.717, 1.165) is 29.1 Å². The zero-order valence-electron chi connectivity index (χ0n) is 16.8. The number of nitrogens with one attached hydrogen (secondary N) is 2. The topological polar surface area (TPSA) is 79.4 Å². The van der Waals surface area contributed by atoms with Gasteiger partial charge in [0, 0.05) is 44.4 Å². The third kappa shape index (κ3) is 5.68. The van der Waals surface area contributed by atoms with Crippen molar-refractivity contribution in [1.82, 2.24) is 15.3 Å². The molecule has 0 aliphatic heterocycles. The van der Waals surface area contributed by atoms with Gasteiger partial charge in [-0.05, 0) is 48.4 Å². The van der Waals surface area contributed by atoms with Gasteiger partial charge in [-0.3, -0.25) is 4.79 Å². The van der Waals surface area contributed by atoms with E-state index in [9.17, 15) is 4.79 Å². The lowest BCUT2D eigenvalue weighted by molar-refractivity contribution is 0.0953. The number of benzene rings is 2. The highest BCUT2D eigenvalue weighted by Crippen LogP contribution is 2.18. The molecule has 29 heavy (non-hydrogen) atoms. The van der Waals surface area contributed by atoms with Gasteiger partial charge in [-0.1, -0.05) is 12.1 Å². The van der Waals surface area contributed by atoms with E-state index >= 15 is 0 Å². The van der Waals surface area contributed by atoms with Crippen LogP contribution < -0.4 is 20.3 Å². The van der Waals surface area contributed by atoms with Crippen molar-refractivity contribution in [2.24, 2.45) is 0 Å². The third-order valence-electron chi connectivity index (χ3n) is 4.41. The van der Waals surface area contributed by atoms with Gasteiger partial charge in [0.25, 0.3) is 5.91 Å². The van der Waals surface area contributed by atoms with Crippen molar-refractivity contribution in [2.45, 2.75) is 6.42 Å². The van der Waals surface area contributed by atoms with Crippen molar-refractivity contribution >= 4 is 23.2 Å². The summed E-state index contributed by atoms with van der Waals surface area (Å²) in [6.45, 7) is 0.531. The van der Waals surface area contributed by atoms with Gasteiger partial charge in [0.05, 0.1) is 12.7 Å². The standard InChI is InChI=1S/C22H25N5O2/c1-27(2)19-8-6-18(7-9-19)26-22-24-14-17(15-25-22)21(28)23-13-12-16-4-10-20(29-3)11-5-16/h4-11,14-15H,12-13H2,1-3H3,(H,23,28)(H,24,25,26). The average molecular weight is 391 g/mol. The van der Waals surface area contributed by atoms with Crippen LogP contribution in [0.25, 0.3) is 0 Å². The lowest BCUT2D eigenvalue weighted by atomic mass is 10.1. The van der Waals surface area contributed by atoms with Gasteiger partial charge < -0.3 is 20.3 Å². The summed E-state index contributed by atoms with van der Waals surface area (Å²) in [6, 6.07) is 15.7. The minimum Gasteiger partial charge on any atom is -0.497 e. The maximum absolute atomic E-state index is 12.3. The second kappa shape index (κ2) is 9.54. The molecule has 0 bridgehead atoms. The van der Waals surface area contributed by atoms with Crippen LogP contribution in [0.15, 0.2) is 60.9 Å². The van der Waals surface area contributed by atoms with E-state index in [2.05, 4.69) is 20.6 Å². The fourth-order valence-corrected chi connectivity index (χ4v) is 2.70. The predicted octanol–water partition coefficient (Wildman–Crippen LogP) is 3.27. The SMILES string of the molecule is COc1ccc(CCNC(=O)c2cnc(Nc3ccc(N(C)C)cc3)nc2)cc1. The summed E-state index contributed by atoms with van der Waals surface area (Å²) in [7, 11) is 5.62. The van der Waals surface area contributed by atoms with Gasteiger partial charge in [0.2, 0.25) is 5.95 Å². The van der Waals surface area contributed by atoms with Crippen molar-refractivity contribution in [2.75, 3.05) is 38.0 Å². The van der Waals surface area contributed by atoms with E-state index < -0.39 is 0 Å². The van der Waals surface area contributed by atoms with Crippen molar-refractivity contribution in [3.63, 3.8) is 0 Å². The maximum Gasteiger partial charge on any atom is 0.254 e. The molecule has 3 aromatic rings. The summed E-state index contributed by atoms with van der Waals surface area (Å²) in [4.78, 5) is 22.8. The number of aromatic nitrogens is 2. The third-order valence-corrected chi connectivity index (χ3v) is 4.41. The minimum atomic E-state index is -0.194. The molecule has 2 N–H and O–H groups in total. The molecule has 2 aromatic carbocycles. The molecule has 150 valence electrons. The zero-order valence-corrected chi connectivity index (χ0v) is 16.8. The minimum absolute atomic E-state index is 0.194. The van der Waals surface area contributed by atoms with Gasteiger partial charge in [-0.25, -0.2) is 9.97 Å². The number of ether oxygens (including phenoxy) is 1. The van der Waals surface area contributed by atoms with E-state index in [1.807, 2.05) is 67.5 Å². The monoisotopic (exact) mass is 391 g/mol. The summed E-state index contributed by atoms with van der Waals surface area (Å²) in [5.74, 6) is 1.06. The van der Waals surface area contributed by atoms with Gasteiger partial charge in [-0.15, -0.1) is 0 Å². The molecular weight excluding hydrogens is 366 g/mol. The van der Waals surface area contributed by atoms with Crippen molar-refractivity contribution in [3.8, 4) is 5.75 Å². The normalized spacial score (nSPS) is 10.3. The van der Waals surface area contributed by atoms with E-state index in [-0.39, 0.29) is 5.91 Å².